The molecule has 122 valence electrons. The molecule has 0 bridgehead atoms. The lowest BCUT2D eigenvalue weighted by Gasteiger charge is -2.31. The van der Waals surface area contributed by atoms with E-state index in [1.54, 1.807) is 0 Å². The van der Waals surface area contributed by atoms with Crippen molar-refractivity contribution in [2.75, 3.05) is 0 Å². The number of benzene rings is 2. The normalized spacial score (nSPS) is 24.6. The molecule has 3 atom stereocenters. The van der Waals surface area contributed by atoms with E-state index in [2.05, 4.69) is 37.3 Å². The van der Waals surface area contributed by atoms with Crippen molar-refractivity contribution in [1.29, 1.82) is 0 Å². The third-order valence-electron chi connectivity index (χ3n) is 4.44. The number of rotatable bonds is 3. The van der Waals surface area contributed by atoms with Crippen molar-refractivity contribution in [3.05, 3.63) is 69.7 Å². The van der Waals surface area contributed by atoms with Crippen LogP contribution in [0, 0.1) is 6.92 Å². The van der Waals surface area contributed by atoms with E-state index in [0.29, 0.717) is 12.8 Å². The number of hydrogen-bond acceptors (Lipinski definition) is 2. The SMILES string of the molecule is Cc1ccc(Cc2cc(C3CC(O)CC(C)O3)ccc2Cl)cc1. The molecule has 2 aromatic rings. The van der Waals surface area contributed by atoms with Gasteiger partial charge in [-0.3, -0.25) is 0 Å². The van der Waals surface area contributed by atoms with Gasteiger partial charge in [-0.15, -0.1) is 0 Å². The minimum absolute atomic E-state index is 0.0530. The summed E-state index contributed by atoms with van der Waals surface area (Å²) in [7, 11) is 0. The highest BCUT2D eigenvalue weighted by molar-refractivity contribution is 6.31. The summed E-state index contributed by atoms with van der Waals surface area (Å²) < 4.78 is 6.00. The molecule has 3 rings (SSSR count). The van der Waals surface area contributed by atoms with Crippen LogP contribution >= 0.6 is 11.6 Å². The molecule has 0 saturated carbocycles. The van der Waals surface area contributed by atoms with Crippen molar-refractivity contribution in [1.82, 2.24) is 0 Å². The van der Waals surface area contributed by atoms with Crippen molar-refractivity contribution in [2.24, 2.45) is 0 Å². The first-order valence-corrected chi connectivity index (χ1v) is 8.56. The van der Waals surface area contributed by atoms with E-state index in [4.69, 9.17) is 16.3 Å². The maximum atomic E-state index is 9.99. The van der Waals surface area contributed by atoms with Gasteiger partial charge in [0.05, 0.1) is 18.3 Å². The second kappa shape index (κ2) is 7.04. The van der Waals surface area contributed by atoms with Crippen molar-refractivity contribution < 1.29 is 9.84 Å². The fourth-order valence-corrected chi connectivity index (χ4v) is 3.37. The molecular weight excluding hydrogens is 308 g/mol. The Morgan fingerprint density at radius 1 is 1.13 bits per heavy atom. The smallest absolute Gasteiger partial charge is 0.0853 e. The van der Waals surface area contributed by atoms with Gasteiger partial charge in [0.15, 0.2) is 0 Å². The summed E-state index contributed by atoms with van der Waals surface area (Å²) >= 11 is 6.38. The molecule has 0 radical (unpaired) electrons. The lowest BCUT2D eigenvalue weighted by molar-refractivity contribution is -0.0895. The highest BCUT2D eigenvalue weighted by Crippen LogP contribution is 2.33. The molecule has 1 saturated heterocycles. The Morgan fingerprint density at radius 3 is 2.57 bits per heavy atom. The van der Waals surface area contributed by atoms with Gasteiger partial charge in [-0.05, 0) is 49.4 Å². The number of halogens is 1. The van der Waals surface area contributed by atoms with Crippen LogP contribution in [0.1, 0.15) is 48.1 Å². The first-order chi connectivity index (χ1) is 11.0. The van der Waals surface area contributed by atoms with E-state index < -0.39 is 0 Å². The first-order valence-electron chi connectivity index (χ1n) is 8.18. The topological polar surface area (TPSA) is 29.5 Å². The average Bonchev–Trinajstić information content (AvgIpc) is 2.50. The number of aryl methyl sites for hydroxylation is 1. The molecule has 1 fully saturated rings. The van der Waals surface area contributed by atoms with E-state index >= 15 is 0 Å². The Labute approximate surface area is 143 Å². The number of hydrogen-bond donors (Lipinski definition) is 1. The van der Waals surface area contributed by atoms with Crippen molar-refractivity contribution in [3.63, 3.8) is 0 Å². The Balaban J connectivity index is 1.82. The first kappa shape index (κ1) is 16.5. The van der Waals surface area contributed by atoms with Crippen LogP contribution < -0.4 is 0 Å². The zero-order valence-corrected chi connectivity index (χ0v) is 14.4. The van der Waals surface area contributed by atoms with E-state index in [9.17, 15) is 5.11 Å². The average molecular weight is 331 g/mol. The molecule has 0 spiro atoms. The second-order valence-electron chi connectivity index (χ2n) is 6.57. The van der Waals surface area contributed by atoms with Crippen molar-refractivity contribution in [3.8, 4) is 0 Å². The van der Waals surface area contributed by atoms with Gasteiger partial charge in [-0.2, -0.15) is 0 Å². The zero-order chi connectivity index (χ0) is 16.4. The molecular formula is C20H23ClO2. The van der Waals surface area contributed by atoms with Crippen LogP contribution in [0.5, 0.6) is 0 Å². The summed E-state index contributed by atoms with van der Waals surface area (Å²) in [4.78, 5) is 0. The second-order valence-corrected chi connectivity index (χ2v) is 6.98. The number of aliphatic hydroxyl groups excluding tert-OH is 1. The molecule has 2 aromatic carbocycles. The Hall–Kier alpha value is -1.35. The Morgan fingerprint density at radius 2 is 1.87 bits per heavy atom. The van der Waals surface area contributed by atoms with Crippen LogP contribution in [-0.2, 0) is 11.2 Å². The van der Waals surface area contributed by atoms with Crippen LogP contribution in [0.2, 0.25) is 5.02 Å². The minimum Gasteiger partial charge on any atom is -0.393 e. The molecule has 3 heteroatoms. The van der Waals surface area contributed by atoms with Gasteiger partial charge in [0.25, 0.3) is 0 Å². The number of aliphatic hydroxyl groups is 1. The largest absolute Gasteiger partial charge is 0.393 e. The summed E-state index contributed by atoms with van der Waals surface area (Å²) in [6, 6.07) is 14.6. The van der Waals surface area contributed by atoms with Gasteiger partial charge in [0.1, 0.15) is 0 Å². The summed E-state index contributed by atoms with van der Waals surface area (Å²) in [6.07, 6.45) is 1.90. The van der Waals surface area contributed by atoms with Crippen LogP contribution in [-0.4, -0.2) is 17.3 Å². The minimum atomic E-state index is -0.292. The van der Waals surface area contributed by atoms with E-state index in [1.165, 1.54) is 11.1 Å². The summed E-state index contributed by atoms with van der Waals surface area (Å²) in [5.41, 5.74) is 4.70. The van der Waals surface area contributed by atoms with Gasteiger partial charge < -0.3 is 9.84 Å². The van der Waals surface area contributed by atoms with Gasteiger partial charge in [0, 0.05) is 11.4 Å². The van der Waals surface area contributed by atoms with Crippen molar-refractivity contribution in [2.45, 2.75) is 51.4 Å². The van der Waals surface area contributed by atoms with Gasteiger partial charge in [-0.25, -0.2) is 0 Å². The summed E-state index contributed by atoms with van der Waals surface area (Å²) in [5.74, 6) is 0. The fraction of sp³-hybridized carbons (Fsp3) is 0.400. The van der Waals surface area contributed by atoms with E-state index in [1.807, 2.05) is 19.1 Å². The molecule has 1 heterocycles. The standard InChI is InChI=1S/C20H23ClO2/c1-13-3-5-15(6-4-13)10-17-11-16(7-8-19(17)21)20-12-18(22)9-14(2)23-20/h3-8,11,14,18,20,22H,9-10,12H2,1-2H3. The molecule has 2 nitrogen and oxygen atoms in total. The summed E-state index contributed by atoms with van der Waals surface area (Å²) in [6.45, 7) is 4.10. The van der Waals surface area contributed by atoms with Gasteiger partial charge in [0.2, 0.25) is 0 Å². The van der Waals surface area contributed by atoms with Crippen LogP contribution in [0.4, 0.5) is 0 Å². The fourth-order valence-electron chi connectivity index (χ4n) is 3.19. The van der Waals surface area contributed by atoms with Crippen LogP contribution in [0.25, 0.3) is 0 Å². The number of ether oxygens (including phenoxy) is 1. The van der Waals surface area contributed by atoms with Crippen molar-refractivity contribution >= 4 is 11.6 Å². The molecule has 1 aliphatic rings. The molecule has 23 heavy (non-hydrogen) atoms. The molecule has 0 amide bonds. The lowest BCUT2D eigenvalue weighted by Crippen LogP contribution is -2.29. The molecule has 3 unspecified atom stereocenters. The van der Waals surface area contributed by atoms with Crippen LogP contribution in [0.15, 0.2) is 42.5 Å². The maximum Gasteiger partial charge on any atom is 0.0853 e. The van der Waals surface area contributed by atoms with E-state index in [-0.39, 0.29) is 18.3 Å². The zero-order valence-electron chi connectivity index (χ0n) is 13.6. The van der Waals surface area contributed by atoms with Gasteiger partial charge in [-0.1, -0.05) is 53.6 Å². The highest BCUT2D eigenvalue weighted by Gasteiger charge is 2.27. The third-order valence-corrected chi connectivity index (χ3v) is 4.81. The highest BCUT2D eigenvalue weighted by atomic mass is 35.5. The maximum absolute atomic E-state index is 9.99. The lowest BCUT2D eigenvalue weighted by atomic mass is 9.94. The van der Waals surface area contributed by atoms with Crippen LogP contribution in [0.3, 0.4) is 0 Å². The quantitative estimate of drug-likeness (QED) is 0.872. The monoisotopic (exact) mass is 330 g/mol. The Bertz CT molecular complexity index is 656. The summed E-state index contributed by atoms with van der Waals surface area (Å²) in [5, 5.41) is 10.8. The van der Waals surface area contributed by atoms with E-state index in [0.717, 1.165) is 22.6 Å². The van der Waals surface area contributed by atoms with Gasteiger partial charge >= 0.3 is 0 Å². The Kier molecular flexibility index (Phi) is 5.05. The molecule has 0 aliphatic carbocycles. The molecule has 1 aliphatic heterocycles. The molecule has 1 N–H and O–H groups in total. The predicted octanol–water partition coefficient (Wildman–Crippen LogP) is 4.84. The third kappa shape index (κ3) is 4.14. The molecule has 0 aromatic heterocycles. The predicted molar refractivity (Wildman–Crippen MR) is 94.0 cm³/mol.